The molecule has 1 rings (SSSR count). The molecule has 1 aromatic carbocycles. The molecule has 1 aromatic rings. The molecule has 0 aromatic heterocycles. The summed E-state index contributed by atoms with van der Waals surface area (Å²) in [4.78, 5) is 0. The van der Waals surface area contributed by atoms with Crippen molar-refractivity contribution >= 4 is 0 Å². The first-order valence-corrected chi connectivity index (χ1v) is 3.77. The predicted molar refractivity (Wildman–Crippen MR) is 45.5 cm³/mol. The number of phenolic OH excluding ortho intramolecular Hbond substituents is 3. The Kier molecular flexibility index (Phi) is 2.13. The zero-order chi connectivity index (χ0) is 9.30. The Morgan fingerprint density at radius 2 is 1.50 bits per heavy atom. The lowest BCUT2D eigenvalue weighted by Crippen LogP contribution is -1.89. The van der Waals surface area contributed by atoms with E-state index in [2.05, 4.69) is 0 Å². The van der Waals surface area contributed by atoms with Crippen LogP contribution in [0.2, 0.25) is 0 Å². The summed E-state index contributed by atoms with van der Waals surface area (Å²) in [6.45, 7) is 3.66. The van der Waals surface area contributed by atoms with Crippen LogP contribution < -0.4 is 0 Å². The lowest BCUT2D eigenvalue weighted by molar-refractivity contribution is 0.386. The van der Waals surface area contributed by atoms with Crippen LogP contribution in [0.15, 0.2) is 12.1 Å². The first kappa shape index (κ1) is 8.71. The van der Waals surface area contributed by atoms with Crippen molar-refractivity contribution in [3.63, 3.8) is 0 Å². The highest BCUT2D eigenvalue weighted by Crippen LogP contribution is 2.39. The van der Waals surface area contributed by atoms with E-state index in [0.29, 0.717) is 5.56 Å². The number of hydrogen-bond acceptors (Lipinski definition) is 3. The third-order valence-corrected chi connectivity index (χ3v) is 1.75. The minimum absolute atomic E-state index is 0.0142. The van der Waals surface area contributed by atoms with Crippen molar-refractivity contribution in [1.82, 2.24) is 0 Å². The van der Waals surface area contributed by atoms with Crippen molar-refractivity contribution in [2.24, 2.45) is 0 Å². The Morgan fingerprint density at radius 1 is 1.00 bits per heavy atom. The van der Waals surface area contributed by atoms with Crippen LogP contribution in [0.5, 0.6) is 17.2 Å². The van der Waals surface area contributed by atoms with Crippen molar-refractivity contribution in [3.05, 3.63) is 17.7 Å². The SMILES string of the molecule is CC(C)c1c(O)ccc(O)c1O. The first-order valence-electron chi connectivity index (χ1n) is 3.77. The summed E-state index contributed by atoms with van der Waals surface area (Å²) >= 11 is 0. The Balaban J connectivity index is 3.33. The lowest BCUT2D eigenvalue weighted by Gasteiger charge is -2.10. The van der Waals surface area contributed by atoms with E-state index >= 15 is 0 Å². The quantitative estimate of drug-likeness (QED) is 0.443. The van der Waals surface area contributed by atoms with Crippen LogP contribution in [0, 0.1) is 0 Å². The van der Waals surface area contributed by atoms with Gasteiger partial charge in [0.25, 0.3) is 0 Å². The molecule has 0 bridgehead atoms. The van der Waals surface area contributed by atoms with Gasteiger partial charge >= 0.3 is 0 Å². The van der Waals surface area contributed by atoms with Gasteiger partial charge in [0.1, 0.15) is 5.75 Å². The van der Waals surface area contributed by atoms with Crippen LogP contribution in [0.1, 0.15) is 25.3 Å². The Hall–Kier alpha value is -1.38. The molecule has 0 atom stereocenters. The molecule has 3 heteroatoms. The van der Waals surface area contributed by atoms with E-state index in [1.54, 1.807) is 0 Å². The topological polar surface area (TPSA) is 60.7 Å². The largest absolute Gasteiger partial charge is 0.508 e. The van der Waals surface area contributed by atoms with E-state index in [1.165, 1.54) is 12.1 Å². The zero-order valence-corrected chi connectivity index (χ0v) is 7.07. The lowest BCUT2D eigenvalue weighted by atomic mass is 10.0. The summed E-state index contributed by atoms with van der Waals surface area (Å²) in [5.74, 6) is -0.432. The molecule has 0 unspecified atom stereocenters. The van der Waals surface area contributed by atoms with Gasteiger partial charge < -0.3 is 15.3 Å². The molecule has 0 spiro atoms. The van der Waals surface area contributed by atoms with E-state index in [1.807, 2.05) is 13.8 Å². The Bertz CT molecular complexity index is 292. The number of rotatable bonds is 1. The van der Waals surface area contributed by atoms with Crippen LogP contribution in [-0.4, -0.2) is 15.3 Å². The van der Waals surface area contributed by atoms with Crippen molar-refractivity contribution in [2.75, 3.05) is 0 Å². The van der Waals surface area contributed by atoms with Gasteiger partial charge in [-0.25, -0.2) is 0 Å². The first-order chi connectivity index (χ1) is 5.54. The summed E-state index contributed by atoms with van der Waals surface area (Å²) in [5.41, 5.74) is 0.384. The number of aromatic hydroxyl groups is 3. The predicted octanol–water partition coefficient (Wildman–Crippen LogP) is 1.93. The maximum absolute atomic E-state index is 9.34. The standard InChI is InChI=1S/C9H12O3/c1-5(2)8-6(10)3-4-7(11)9(8)12/h3-5,10-12H,1-2H3. The minimum Gasteiger partial charge on any atom is -0.508 e. The second-order valence-electron chi connectivity index (χ2n) is 3.02. The summed E-state index contributed by atoms with van der Waals surface area (Å²) in [5, 5.41) is 27.8. The normalized spacial score (nSPS) is 10.6. The van der Waals surface area contributed by atoms with Gasteiger partial charge in [0, 0.05) is 5.56 Å². The summed E-state index contributed by atoms with van der Waals surface area (Å²) < 4.78 is 0. The second-order valence-corrected chi connectivity index (χ2v) is 3.02. The molecular formula is C9H12O3. The highest BCUT2D eigenvalue weighted by atomic mass is 16.3. The second kappa shape index (κ2) is 2.93. The fourth-order valence-corrected chi connectivity index (χ4v) is 1.16. The molecule has 66 valence electrons. The average molecular weight is 168 g/mol. The van der Waals surface area contributed by atoms with Crippen molar-refractivity contribution in [3.8, 4) is 17.2 Å². The summed E-state index contributed by atoms with van der Waals surface area (Å²) in [6, 6.07) is 2.63. The van der Waals surface area contributed by atoms with Gasteiger partial charge in [-0.1, -0.05) is 13.8 Å². The number of benzene rings is 1. The monoisotopic (exact) mass is 168 g/mol. The van der Waals surface area contributed by atoms with Crippen molar-refractivity contribution in [1.29, 1.82) is 0 Å². The molecule has 0 amide bonds. The van der Waals surface area contributed by atoms with Crippen LogP contribution in [0.3, 0.4) is 0 Å². The van der Waals surface area contributed by atoms with Gasteiger partial charge in [0.05, 0.1) is 0 Å². The third kappa shape index (κ3) is 1.30. The van der Waals surface area contributed by atoms with E-state index in [-0.39, 0.29) is 23.2 Å². The van der Waals surface area contributed by atoms with E-state index in [0.717, 1.165) is 0 Å². The van der Waals surface area contributed by atoms with Gasteiger partial charge in [-0.15, -0.1) is 0 Å². The van der Waals surface area contributed by atoms with Crippen LogP contribution in [0.25, 0.3) is 0 Å². The molecule has 0 heterocycles. The molecule has 0 aliphatic carbocycles. The molecule has 0 fully saturated rings. The molecule has 0 aliphatic heterocycles. The van der Waals surface area contributed by atoms with Gasteiger partial charge in [-0.2, -0.15) is 0 Å². The molecule has 12 heavy (non-hydrogen) atoms. The maximum atomic E-state index is 9.34. The van der Waals surface area contributed by atoms with Gasteiger partial charge in [-0.05, 0) is 18.1 Å². The van der Waals surface area contributed by atoms with Crippen LogP contribution >= 0.6 is 0 Å². The Labute approximate surface area is 70.9 Å². The zero-order valence-electron chi connectivity index (χ0n) is 7.07. The van der Waals surface area contributed by atoms with E-state index < -0.39 is 0 Å². The summed E-state index contributed by atoms with van der Waals surface area (Å²) in [6.07, 6.45) is 0. The minimum atomic E-state index is -0.231. The summed E-state index contributed by atoms with van der Waals surface area (Å²) in [7, 11) is 0. The number of phenols is 3. The van der Waals surface area contributed by atoms with Crippen molar-refractivity contribution in [2.45, 2.75) is 19.8 Å². The smallest absolute Gasteiger partial charge is 0.164 e. The van der Waals surface area contributed by atoms with E-state index in [9.17, 15) is 10.2 Å². The highest BCUT2D eigenvalue weighted by molar-refractivity contribution is 5.52. The van der Waals surface area contributed by atoms with Gasteiger partial charge in [-0.3, -0.25) is 0 Å². The molecule has 0 aliphatic rings. The Morgan fingerprint density at radius 3 is 1.92 bits per heavy atom. The van der Waals surface area contributed by atoms with Gasteiger partial charge in [0.15, 0.2) is 11.5 Å². The fraction of sp³-hybridized carbons (Fsp3) is 0.333. The molecule has 3 nitrogen and oxygen atoms in total. The fourth-order valence-electron chi connectivity index (χ4n) is 1.16. The average Bonchev–Trinajstić information content (AvgIpc) is 1.97. The van der Waals surface area contributed by atoms with E-state index in [4.69, 9.17) is 5.11 Å². The van der Waals surface area contributed by atoms with Crippen molar-refractivity contribution < 1.29 is 15.3 Å². The molecule has 0 radical (unpaired) electrons. The highest BCUT2D eigenvalue weighted by Gasteiger charge is 2.14. The maximum Gasteiger partial charge on any atom is 0.164 e. The number of hydrogen-bond donors (Lipinski definition) is 3. The van der Waals surface area contributed by atoms with Gasteiger partial charge in [0.2, 0.25) is 0 Å². The van der Waals surface area contributed by atoms with Crippen LogP contribution in [-0.2, 0) is 0 Å². The third-order valence-electron chi connectivity index (χ3n) is 1.75. The van der Waals surface area contributed by atoms with Crippen LogP contribution in [0.4, 0.5) is 0 Å². The molecule has 0 saturated carbocycles. The molecule has 0 saturated heterocycles. The molecular weight excluding hydrogens is 156 g/mol. The molecule has 3 N–H and O–H groups in total.